The first kappa shape index (κ1) is 8.51. The van der Waals surface area contributed by atoms with Crippen LogP contribution in [0, 0.1) is 0 Å². The van der Waals surface area contributed by atoms with E-state index in [0.29, 0.717) is 0 Å². The minimum atomic E-state index is -0.451. The molecule has 4 heteroatoms. The van der Waals surface area contributed by atoms with Crippen LogP contribution in [0.3, 0.4) is 0 Å². The first-order chi connectivity index (χ1) is 5.25. The third-order valence-corrected chi connectivity index (χ3v) is 2.06. The SMILES string of the molecule is O=C([O][Tl])c1ccccc1O. The molecule has 0 aliphatic carbocycles. The van der Waals surface area contributed by atoms with Gasteiger partial charge in [0, 0.05) is 0 Å². The van der Waals surface area contributed by atoms with E-state index in [-0.39, 0.29) is 37.5 Å². The van der Waals surface area contributed by atoms with Crippen molar-refractivity contribution in [2.24, 2.45) is 0 Å². The minimum absolute atomic E-state index is 0.0295. The number of aromatic hydroxyl groups is 1. The molecule has 0 fully saturated rings. The zero-order valence-corrected chi connectivity index (χ0v) is 10.1. The zero-order valence-electron chi connectivity index (χ0n) is 5.65. The van der Waals surface area contributed by atoms with Gasteiger partial charge in [-0.3, -0.25) is 0 Å². The second-order valence-corrected chi connectivity index (χ2v) is 2.84. The molecule has 3 nitrogen and oxygen atoms in total. The Balaban J connectivity index is 3.03. The number of phenols is 1. The summed E-state index contributed by atoms with van der Waals surface area (Å²) >= 11 is 0.159. The number of carbonyl (C=O) groups excluding carboxylic acids is 1. The Bertz CT molecular complexity index is 272. The van der Waals surface area contributed by atoms with Crippen molar-refractivity contribution in [3.05, 3.63) is 29.8 Å². The summed E-state index contributed by atoms with van der Waals surface area (Å²) in [5, 5.41) is 9.13. The topological polar surface area (TPSA) is 46.5 Å². The van der Waals surface area contributed by atoms with Crippen LogP contribution in [0.4, 0.5) is 0 Å². The van der Waals surface area contributed by atoms with Crippen LogP contribution in [0.25, 0.3) is 0 Å². The fraction of sp³-hybridized carbons (Fsp3) is 0. The summed E-state index contributed by atoms with van der Waals surface area (Å²) in [4.78, 5) is 10.9. The van der Waals surface area contributed by atoms with Crippen LogP contribution < -0.4 is 0 Å². The van der Waals surface area contributed by atoms with Gasteiger partial charge in [-0.05, 0) is 0 Å². The van der Waals surface area contributed by atoms with Crippen molar-refractivity contribution < 1.29 is 12.6 Å². The molecule has 0 saturated carbocycles. The van der Waals surface area contributed by atoms with Gasteiger partial charge in [-0.1, -0.05) is 0 Å². The normalized spacial score (nSPS) is 9.00. The molecule has 11 heavy (non-hydrogen) atoms. The van der Waals surface area contributed by atoms with E-state index in [2.05, 4.69) is 2.69 Å². The molecule has 1 aromatic rings. The van der Waals surface area contributed by atoms with Crippen LogP contribution in [0.5, 0.6) is 5.75 Å². The van der Waals surface area contributed by atoms with Gasteiger partial charge in [0.25, 0.3) is 0 Å². The van der Waals surface area contributed by atoms with Gasteiger partial charge in [-0.15, -0.1) is 0 Å². The number of carbonyl (C=O) groups is 1. The number of phenolic OH excluding ortho intramolecular Hbond substituents is 1. The van der Waals surface area contributed by atoms with Crippen LogP contribution >= 0.6 is 0 Å². The van der Waals surface area contributed by atoms with Crippen molar-refractivity contribution >= 4 is 32.2 Å². The molecule has 0 atom stereocenters. The summed E-state index contributed by atoms with van der Waals surface area (Å²) < 4.78 is 4.58. The number of para-hydroxylation sites is 1. The molecule has 54 valence electrons. The van der Waals surface area contributed by atoms with E-state index in [1.54, 1.807) is 12.1 Å². The Labute approximate surface area is 80.3 Å². The van der Waals surface area contributed by atoms with E-state index in [1.165, 1.54) is 12.1 Å². The van der Waals surface area contributed by atoms with E-state index in [9.17, 15) is 4.79 Å². The monoisotopic (exact) mass is 342 g/mol. The molecule has 0 aliphatic heterocycles. The Kier molecular flexibility index (Phi) is 2.86. The number of hydrogen-bond acceptors (Lipinski definition) is 3. The third-order valence-electron chi connectivity index (χ3n) is 1.23. The summed E-state index contributed by atoms with van der Waals surface area (Å²) in [6, 6.07) is 6.31. The molecule has 1 aromatic carbocycles. The van der Waals surface area contributed by atoms with Gasteiger partial charge >= 0.3 is 80.4 Å². The standard InChI is InChI=1S/C7H6O3.Tl/c8-6-4-2-1-3-5(6)7(9)10;/h1-4,8H,(H,9,10);/q;+1/p-1. The van der Waals surface area contributed by atoms with Crippen molar-refractivity contribution in [1.82, 2.24) is 0 Å². The molecule has 1 rings (SSSR count). The average molecular weight is 341 g/mol. The first-order valence-electron chi connectivity index (χ1n) is 2.94. The van der Waals surface area contributed by atoms with Crippen LogP contribution in [0.2, 0.25) is 0 Å². The predicted molar refractivity (Wildman–Crippen MR) is 39.3 cm³/mol. The molecule has 0 unspecified atom stereocenters. The molecular weight excluding hydrogens is 336 g/mol. The van der Waals surface area contributed by atoms with Gasteiger partial charge in [0.1, 0.15) is 0 Å². The maximum atomic E-state index is 10.9. The number of rotatable bonds is 1. The van der Waals surface area contributed by atoms with E-state index in [1.807, 2.05) is 0 Å². The van der Waals surface area contributed by atoms with Gasteiger partial charge in [-0.25, -0.2) is 0 Å². The average Bonchev–Trinajstić information content (AvgIpc) is 2.04. The summed E-state index contributed by atoms with van der Waals surface area (Å²) in [7, 11) is 0. The predicted octanol–water partition coefficient (Wildman–Crippen LogP) is 0.632. The summed E-state index contributed by atoms with van der Waals surface area (Å²) in [5.74, 6) is -0.480. The first-order valence-corrected chi connectivity index (χ1v) is 4.78. The fourth-order valence-electron chi connectivity index (χ4n) is 0.710. The molecule has 0 radical (unpaired) electrons. The third kappa shape index (κ3) is 1.92. The molecule has 0 bridgehead atoms. The van der Waals surface area contributed by atoms with Gasteiger partial charge in [0.2, 0.25) is 0 Å². The molecule has 0 saturated heterocycles. The quantitative estimate of drug-likeness (QED) is 0.763. The second kappa shape index (κ2) is 3.70. The fourth-order valence-corrected chi connectivity index (χ4v) is 1.20. The van der Waals surface area contributed by atoms with E-state index in [0.717, 1.165) is 0 Å². The van der Waals surface area contributed by atoms with E-state index >= 15 is 0 Å². The van der Waals surface area contributed by atoms with Crippen molar-refractivity contribution in [2.75, 3.05) is 0 Å². The van der Waals surface area contributed by atoms with Crippen molar-refractivity contribution in [1.29, 1.82) is 0 Å². The van der Waals surface area contributed by atoms with E-state index < -0.39 is 5.97 Å². The molecule has 0 amide bonds. The van der Waals surface area contributed by atoms with Gasteiger partial charge in [0.05, 0.1) is 0 Å². The zero-order chi connectivity index (χ0) is 8.27. The number of benzene rings is 1. The molecule has 0 heterocycles. The Morgan fingerprint density at radius 3 is 2.64 bits per heavy atom. The molecule has 0 spiro atoms. The van der Waals surface area contributed by atoms with Gasteiger partial charge in [0.15, 0.2) is 0 Å². The maximum absolute atomic E-state index is 10.9. The van der Waals surface area contributed by atoms with Crippen molar-refractivity contribution in [3.8, 4) is 5.75 Å². The Morgan fingerprint density at radius 2 is 2.09 bits per heavy atom. The van der Waals surface area contributed by atoms with Crippen LogP contribution in [-0.2, 0) is 2.69 Å². The van der Waals surface area contributed by atoms with Crippen molar-refractivity contribution in [3.63, 3.8) is 0 Å². The number of hydrogen-bond donors (Lipinski definition) is 1. The van der Waals surface area contributed by atoms with Gasteiger partial charge < -0.3 is 0 Å². The Hall–Kier alpha value is -0.588. The molecule has 1 N–H and O–H groups in total. The van der Waals surface area contributed by atoms with Crippen LogP contribution in [-0.4, -0.2) is 37.3 Å². The molecule has 0 aromatic heterocycles. The summed E-state index contributed by atoms with van der Waals surface area (Å²) in [6.07, 6.45) is 0. The second-order valence-electron chi connectivity index (χ2n) is 1.92. The summed E-state index contributed by atoms with van der Waals surface area (Å²) in [5.41, 5.74) is 0.231. The Morgan fingerprint density at radius 1 is 1.45 bits per heavy atom. The molecule has 0 aliphatic rings. The van der Waals surface area contributed by atoms with Crippen LogP contribution in [0.15, 0.2) is 24.3 Å². The summed E-state index contributed by atoms with van der Waals surface area (Å²) in [6.45, 7) is 0. The van der Waals surface area contributed by atoms with Crippen LogP contribution in [0.1, 0.15) is 10.4 Å². The van der Waals surface area contributed by atoms with E-state index in [4.69, 9.17) is 5.11 Å². The van der Waals surface area contributed by atoms with Gasteiger partial charge in [-0.2, -0.15) is 0 Å². The molecular formula is C7H5O3Tl. The van der Waals surface area contributed by atoms with Crippen molar-refractivity contribution in [2.45, 2.75) is 0 Å².